The van der Waals surface area contributed by atoms with Gasteiger partial charge < -0.3 is 5.84 Å². The molecule has 0 fully saturated rings. The zero-order chi connectivity index (χ0) is 10.3. The fourth-order valence-corrected chi connectivity index (χ4v) is 2.00. The zero-order valence-electron chi connectivity index (χ0n) is 8.12. The van der Waals surface area contributed by atoms with E-state index >= 15 is 0 Å². The lowest BCUT2D eigenvalue weighted by Gasteiger charge is -2.18. The van der Waals surface area contributed by atoms with E-state index in [2.05, 4.69) is 0 Å². The van der Waals surface area contributed by atoms with Crippen molar-refractivity contribution in [3.05, 3.63) is 32.1 Å². The Labute approximate surface area is 80.7 Å². The van der Waals surface area contributed by atoms with Gasteiger partial charge in [-0.3, -0.25) is 9.36 Å². The van der Waals surface area contributed by atoms with Crippen LogP contribution in [0.15, 0.2) is 9.59 Å². The van der Waals surface area contributed by atoms with Crippen LogP contribution in [0, 0.1) is 0 Å². The summed E-state index contributed by atoms with van der Waals surface area (Å²) in [6, 6.07) is 0. The maximum atomic E-state index is 11.6. The third kappa shape index (κ3) is 1.08. The highest BCUT2D eigenvalue weighted by molar-refractivity contribution is 5.20. The maximum absolute atomic E-state index is 11.6. The number of hydrogen-bond donors (Lipinski definition) is 1. The Bertz CT molecular complexity index is 484. The second-order valence-electron chi connectivity index (χ2n) is 3.65. The van der Waals surface area contributed by atoms with Gasteiger partial charge in [-0.25, -0.2) is 4.79 Å². The second kappa shape index (κ2) is 3.01. The van der Waals surface area contributed by atoms with E-state index in [1.54, 1.807) is 7.05 Å². The molecule has 1 aliphatic carbocycles. The minimum Gasteiger partial charge on any atom is -0.332 e. The molecule has 1 aliphatic rings. The highest BCUT2D eigenvalue weighted by atomic mass is 16.2. The molecule has 0 saturated heterocycles. The predicted molar refractivity (Wildman–Crippen MR) is 52.7 cm³/mol. The van der Waals surface area contributed by atoms with Gasteiger partial charge in [-0.1, -0.05) is 0 Å². The van der Waals surface area contributed by atoms with Gasteiger partial charge in [0.2, 0.25) is 0 Å². The molecular formula is C9H13N3O2. The number of aromatic nitrogens is 2. The van der Waals surface area contributed by atoms with Crippen LogP contribution < -0.4 is 17.1 Å². The fraction of sp³-hybridized carbons (Fsp3) is 0.556. The van der Waals surface area contributed by atoms with E-state index < -0.39 is 5.69 Å². The van der Waals surface area contributed by atoms with Gasteiger partial charge in [0.25, 0.3) is 5.56 Å². The quantitative estimate of drug-likeness (QED) is 0.548. The molecule has 0 bridgehead atoms. The Hall–Kier alpha value is -1.52. The van der Waals surface area contributed by atoms with Crippen LogP contribution in [0.25, 0.3) is 0 Å². The van der Waals surface area contributed by atoms with E-state index in [1.807, 2.05) is 0 Å². The van der Waals surface area contributed by atoms with Gasteiger partial charge in [-0.15, -0.1) is 0 Å². The van der Waals surface area contributed by atoms with Gasteiger partial charge in [-0.05, 0) is 25.7 Å². The van der Waals surface area contributed by atoms with E-state index in [4.69, 9.17) is 5.84 Å². The Morgan fingerprint density at radius 1 is 1.21 bits per heavy atom. The summed E-state index contributed by atoms with van der Waals surface area (Å²) in [7, 11) is 1.66. The summed E-state index contributed by atoms with van der Waals surface area (Å²) in [6.45, 7) is 0. The fourth-order valence-electron chi connectivity index (χ4n) is 2.00. The summed E-state index contributed by atoms with van der Waals surface area (Å²) in [5.74, 6) is 5.38. The molecule has 1 aromatic rings. The van der Waals surface area contributed by atoms with Crippen molar-refractivity contribution >= 4 is 0 Å². The summed E-state index contributed by atoms with van der Waals surface area (Å²) in [6.07, 6.45) is 3.57. The first-order valence-corrected chi connectivity index (χ1v) is 4.72. The third-order valence-corrected chi connectivity index (χ3v) is 2.81. The third-order valence-electron chi connectivity index (χ3n) is 2.81. The van der Waals surface area contributed by atoms with Crippen molar-refractivity contribution in [1.82, 2.24) is 9.24 Å². The number of nitrogens with two attached hydrogens (primary N) is 1. The Balaban J connectivity index is 2.85. The molecule has 5 nitrogen and oxygen atoms in total. The lowest BCUT2D eigenvalue weighted by molar-refractivity contribution is 0.579. The van der Waals surface area contributed by atoms with Crippen LogP contribution >= 0.6 is 0 Å². The van der Waals surface area contributed by atoms with Crippen LogP contribution in [0.5, 0.6) is 0 Å². The smallest absolute Gasteiger partial charge is 0.332 e. The molecule has 2 N–H and O–H groups in total. The monoisotopic (exact) mass is 195 g/mol. The lowest BCUT2D eigenvalue weighted by atomic mass is 9.97. The summed E-state index contributed by atoms with van der Waals surface area (Å²) in [4.78, 5) is 23.1. The molecule has 0 radical (unpaired) electrons. The van der Waals surface area contributed by atoms with Gasteiger partial charge >= 0.3 is 5.69 Å². The predicted octanol–water partition coefficient (Wildman–Crippen LogP) is -0.860. The van der Waals surface area contributed by atoms with Crippen molar-refractivity contribution in [1.29, 1.82) is 0 Å². The molecule has 5 heteroatoms. The van der Waals surface area contributed by atoms with Crippen LogP contribution in [-0.4, -0.2) is 9.24 Å². The minimum atomic E-state index is -0.435. The van der Waals surface area contributed by atoms with Crippen LogP contribution in [-0.2, 0) is 19.9 Å². The van der Waals surface area contributed by atoms with Crippen molar-refractivity contribution in [3.8, 4) is 0 Å². The summed E-state index contributed by atoms with van der Waals surface area (Å²) in [5.41, 5.74) is 0.798. The van der Waals surface area contributed by atoms with Gasteiger partial charge in [0.15, 0.2) is 0 Å². The van der Waals surface area contributed by atoms with Crippen molar-refractivity contribution < 1.29 is 0 Å². The molecule has 1 aromatic heterocycles. The van der Waals surface area contributed by atoms with Crippen molar-refractivity contribution in [3.63, 3.8) is 0 Å². The van der Waals surface area contributed by atoms with E-state index in [0.717, 1.165) is 31.4 Å². The molecule has 14 heavy (non-hydrogen) atoms. The Morgan fingerprint density at radius 3 is 2.57 bits per heavy atom. The molecule has 0 saturated carbocycles. The molecule has 0 aliphatic heterocycles. The molecule has 76 valence electrons. The first-order valence-electron chi connectivity index (χ1n) is 4.72. The van der Waals surface area contributed by atoms with Crippen LogP contribution in [0.2, 0.25) is 0 Å². The highest BCUT2D eigenvalue weighted by Crippen LogP contribution is 2.15. The average molecular weight is 195 g/mol. The molecule has 0 amide bonds. The standard InChI is InChI=1S/C9H13N3O2/c1-11-7-5-3-2-4-6(7)8(13)12(10)9(11)14/h2-5,10H2,1H3. The van der Waals surface area contributed by atoms with Gasteiger partial charge in [-0.2, -0.15) is 4.68 Å². The first-order chi connectivity index (χ1) is 6.63. The number of nitrogens with zero attached hydrogens (tertiary/aromatic N) is 2. The van der Waals surface area contributed by atoms with E-state index in [1.165, 1.54) is 4.57 Å². The van der Waals surface area contributed by atoms with Crippen LogP contribution in [0.4, 0.5) is 0 Å². The van der Waals surface area contributed by atoms with Gasteiger partial charge in [0, 0.05) is 18.3 Å². The Morgan fingerprint density at radius 2 is 1.86 bits per heavy atom. The highest BCUT2D eigenvalue weighted by Gasteiger charge is 2.18. The minimum absolute atomic E-state index is 0.331. The molecule has 0 unspecified atom stereocenters. The molecule has 2 rings (SSSR count). The summed E-state index contributed by atoms with van der Waals surface area (Å²) in [5, 5.41) is 0. The summed E-state index contributed by atoms with van der Waals surface area (Å²) >= 11 is 0. The Kier molecular flexibility index (Phi) is 1.94. The van der Waals surface area contributed by atoms with Gasteiger partial charge in [0.1, 0.15) is 0 Å². The molecule has 0 spiro atoms. The molecule has 0 aromatic carbocycles. The lowest BCUT2D eigenvalue weighted by Crippen LogP contribution is -2.47. The van der Waals surface area contributed by atoms with Crippen molar-refractivity contribution in [2.24, 2.45) is 7.05 Å². The van der Waals surface area contributed by atoms with Crippen molar-refractivity contribution in [2.45, 2.75) is 25.7 Å². The van der Waals surface area contributed by atoms with Crippen LogP contribution in [0.1, 0.15) is 24.1 Å². The maximum Gasteiger partial charge on any atom is 0.349 e. The van der Waals surface area contributed by atoms with Crippen LogP contribution in [0.3, 0.4) is 0 Å². The summed E-state index contributed by atoms with van der Waals surface area (Å²) < 4.78 is 2.18. The van der Waals surface area contributed by atoms with Gasteiger partial charge in [0.05, 0.1) is 0 Å². The largest absolute Gasteiger partial charge is 0.349 e. The molecular weight excluding hydrogens is 182 g/mol. The SMILES string of the molecule is Cn1c2c(c(=O)n(N)c1=O)CCCC2. The first kappa shape index (κ1) is 9.05. The molecule has 0 atom stereocenters. The number of rotatable bonds is 0. The molecule has 1 heterocycles. The topological polar surface area (TPSA) is 70.0 Å². The zero-order valence-corrected chi connectivity index (χ0v) is 8.12. The van der Waals surface area contributed by atoms with E-state index in [0.29, 0.717) is 10.2 Å². The normalized spacial score (nSPS) is 15.2. The average Bonchev–Trinajstić information content (AvgIpc) is 2.23. The van der Waals surface area contributed by atoms with E-state index in [9.17, 15) is 9.59 Å². The number of fused-ring (bicyclic) bond motifs is 1. The van der Waals surface area contributed by atoms with E-state index in [-0.39, 0.29) is 5.56 Å². The second-order valence-corrected chi connectivity index (χ2v) is 3.65. The number of hydrogen-bond acceptors (Lipinski definition) is 3. The number of nitrogen functional groups attached to an aromatic ring is 1. The van der Waals surface area contributed by atoms with Crippen molar-refractivity contribution in [2.75, 3.05) is 5.84 Å².